The average Bonchev–Trinajstić information content (AvgIpc) is 3.46. The highest BCUT2D eigenvalue weighted by Gasteiger charge is 2.20. The Kier molecular flexibility index (Phi) is 5.08. The van der Waals surface area contributed by atoms with Crippen molar-refractivity contribution in [3.8, 4) is 11.9 Å². The summed E-state index contributed by atoms with van der Waals surface area (Å²) in [5.41, 5.74) is 1.49. The molecule has 1 fully saturated rings. The van der Waals surface area contributed by atoms with Gasteiger partial charge in [-0.2, -0.15) is 14.9 Å². The number of aromatic hydroxyl groups is 1. The molecule has 5 rings (SSSR count). The van der Waals surface area contributed by atoms with E-state index in [4.69, 9.17) is 21.9 Å². The Bertz CT molecular complexity index is 1610. The number of aromatic amines is 1. The Labute approximate surface area is 190 Å². The van der Waals surface area contributed by atoms with Crippen LogP contribution in [-0.2, 0) is 6.73 Å². The number of fused-ring (bicyclic) bond motifs is 1. The van der Waals surface area contributed by atoms with E-state index >= 15 is 0 Å². The zero-order chi connectivity index (χ0) is 23.1. The Balaban J connectivity index is 1.66. The second-order valence-corrected chi connectivity index (χ2v) is 7.92. The molecule has 33 heavy (non-hydrogen) atoms. The molecule has 0 bridgehead atoms. The first-order valence-corrected chi connectivity index (χ1v) is 10.4. The maximum absolute atomic E-state index is 11.9. The van der Waals surface area contributed by atoms with Crippen LogP contribution in [0.3, 0.4) is 0 Å². The largest absolute Gasteiger partial charge is 0.493 e. The van der Waals surface area contributed by atoms with Crippen molar-refractivity contribution in [3.63, 3.8) is 0 Å². The van der Waals surface area contributed by atoms with Crippen molar-refractivity contribution in [2.24, 2.45) is 4.99 Å². The lowest BCUT2D eigenvalue weighted by Gasteiger charge is -2.08. The highest BCUT2D eigenvalue weighted by atomic mass is 35.5. The number of H-pyrrole nitrogens is 1. The van der Waals surface area contributed by atoms with Gasteiger partial charge < -0.3 is 20.5 Å². The van der Waals surface area contributed by atoms with Crippen LogP contribution in [0, 0.1) is 11.3 Å². The number of aliphatic hydroxyl groups is 1. The molecule has 4 aromatic rings. The smallest absolute Gasteiger partial charge is 0.330 e. The predicted octanol–water partition coefficient (Wildman–Crippen LogP) is 0.754. The molecule has 4 N–H and O–H groups in total. The van der Waals surface area contributed by atoms with Crippen LogP contribution in [0.4, 0.5) is 11.5 Å². The molecule has 1 aromatic carbocycles. The third-order valence-corrected chi connectivity index (χ3v) is 5.44. The quantitative estimate of drug-likeness (QED) is 0.339. The monoisotopic (exact) mass is 464 g/mol. The highest BCUT2D eigenvalue weighted by Crippen LogP contribution is 2.26. The van der Waals surface area contributed by atoms with Crippen molar-refractivity contribution < 1.29 is 10.2 Å². The molecule has 0 spiro atoms. The lowest BCUT2D eigenvalue weighted by Crippen LogP contribution is -2.19. The molecule has 3 heterocycles. The topological polar surface area (TPSA) is 157 Å². The fourth-order valence-electron chi connectivity index (χ4n) is 3.30. The van der Waals surface area contributed by atoms with Crippen LogP contribution in [0.5, 0.6) is 5.88 Å². The van der Waals surface area contributed by atoms with Crippen LogP contribution in [0.2, 0.25) is 5.02 Å². The number of anilines is 2. The van der Waals surface area contributed by atoms with Gasteiger partial charge in [-0.3, -0.25) is 4.99 Å². The molecule has 12 heteroatoms. The minimum atomic E-state index is -0.661. The Morgan fingerprint density at radius 3 is 2.88 bits per heavy atom. The second-order valence-electron chi connectivity index (χ2n) is 7.51. The summed E-state index contributed by atoms with van der Waals surface area (Å²) in [6, 6.07) is 8.90. The molecule has 0 atom stereocenters. The van der Waals surface area contributed by atoms with Crippen LogP contribution in [0.15, 0.2) is 40.2 Å². The number of aliphatic hydroxyl groups excluding tert-OH is 1. The summed E-state index contributed by atoms with van der Waals surface area (Å²) in [5.74, 6) is 0.0534. The first kappa shape index (κ1) is 20.7. The van der Waals surface area contributed by atoms with Crippen LogP contribution in [0.1, 0.15) is 24.1 Å². The third-order valence-electron chi connectivity index (χ3n) is 5.13. The van der Waals surface area contributed by atoms with E-state index in [9.17, 15) is 15.0 Å². The minimum absolute atomic E-state index is 0.111. The number of hydrogen-bond acceptors (Lipinski definition) is 8. The SMILES string of the molecule is N#Cc1ccc(Nc2cc(=NC3CC3)n3nc/c(=C/c4[nH]c(=O)n(CO)c4O)c3n2)c(Cl)c1. The molecule has 1 saturated carbocycles. The molecule has 11 nitrogen and oxygen atoms in total. The van der Waals surface area contributed by atoms with Gasteiger partial charge in [-0.05, 0) is 37.1 Å². The van der Waals surface area contributed by atoms with Gasteiger partial charge in [0.15, 0.2) is 11.1 Å². The summed E-state index contributed by atoms with van der Waals surface area (Å²) >= 11 is 6.30. The number of hydrogen-bond donors (Lipinski definition) is 4. The number of nitrogens with zero attached hydrogens (tertiary/aromatic N) is 6. The van der Waals surface area contributed by atoms with E-state index in [0.29, 0.717) is 38.4 Å². The van der Waals surface area contributed by atoms with Gasteiger partial charge in [0.25, 0.3) is 0 Å². The van der Waals surface area contributed by atoms with E-state index in [2.05, 4.69) is 20.4 Å². The van der Waals surface area contributed by atoms with E-state index < -0.39 is 18.3 Å². The molecular formula is C21H17ClN8O3. The summed E-state index contributed by atoms with van der Waals surface area (Å²) < 4.78 is 2.37. The number of nitrogens with one attached hydrogen (secondary N) is 2. The first-order chi connectivity index (χ1) is 16.0. The van der Waals surface area contributed by atoms with Gasteiger partial charge in [-0.15, -0.1) is 0 Å². The summed E-state index contributed by atoms with van der Waals surface area (Å²) in [6.07, 6.45) is 5.05. The number of benzene rings is 1. The minimum Gasteiger partial charge on any atom is -0.493 e. The Morgan fingerprint density at radius 1 is 1.39 bits per heavy atom. The molecule has 0 amide bonds. The molecule has 1 aliphatic rings. The van der Waals surface area contributed by atoms with Crippen molar-refractivity contribution in [1.82, 2.24) is 24.1 Å². The van der Waals surface area contributed by atoms with Gasteiger partial charge in [0.2, 0.25) is 5.88 Å². The van der Waals surface area contributed by atoms with E-state index in [1.807, 2.05) is 6.07 Å². The zero-order valence-corrected chi connectivity index (χ0v) is 17.8. The molecule has 0 aliphatic heterocycles. The maximum Gasteiger partial charge on any atom is 0.330 e. The Hall–Kier alpha value is -4.14. The third kappa shape index (κ3) is 3.93. The first-order valence-electron chi connectivity index (χ1n) is 10.0. The van der Waals surface area contributed by atoms with Crippen molar-refractivity contribution in [2.45, 2.75) is 25.6 Å². The second kappa shape index (κ2) is 8.09. The van der Waals surface area contributed by atoms with Gasteiger partial charge in [0, 0.05) is 11.3 Å². The molecule has 3 aromatic heterocycles. The van der Waals surface area contributed by atoms with Crippen molar-refractivity contribution in [2.75, 3.05) is 5.32 Å². The van der Waals surface area contributed by atoms with E-state index in [-0.39, 0.29) is 11.7 Å². The predicted molar refractivity (Wildman–Crippen MR) is 119 cm³/mol. The molecule has 0 unspecified atom stereocenters. The molecular weight excluding hydrogens is 448 g/mol. The number of rotatable bonds is 5. The van der Waals surface area contributed by atoms with E-state index in [1.54, 1.807) is 35.0 Å². The van der Waals surface area contributed by atoms with Crippen molar-refractivity contribution in [1.29, 1.82) is 5.26 Å². The number of imidazole rings is 1. The van der Waals surface area contributed by atoms with Crippen LogP contribution in [-0.4, -0.2) is 40.4 Å². The van der Waals surface area contributed by atoms with Gasteiger partial charge in [-0.1, -0.05) is 11.6 Å². The maximum atomic E-state index is 11.9. The zero-order valence-electron chi connectivity index (χ0n) is 17.0. The Morgan fingerprint density at radius 2 is 2.21 bits per heavy atom. The number of aromatic nitrogens is 5. The van der Waals surface area contributed by atoms with Crippen molar-refractivity contribution >= 4 is 34.8 Å². The summed E-state index contributed by atoms with van der Waals surface area (Å²) in [6.45, 7) is -0.661. The summed E-state index contributed by atoms with van der Waals surface area (Å²) in [4.78, 5) is 23.7. The summed E-state index contributed by atoms with van der Waals surface area (Å²) in [5, 5.41) is 36.9. The summed E-state index contributed by atoms with van der Waals surface area (Å²) in [7, 11) is 0. The number of nitriles is 1. The lowest BCUT2D eigenvalue weighted by atomic mass is 10.2. The number of halogens is 1. The fraction of sp³-hybridized carbons (Fsp3) is 0.190. The van der Waals surface area contributed by atoms with E-state index in [1.165, 1.54) is 6.08 Å². The lowest BCUT2D eigenvalue weighted by molar-refractivity contribution is 0.192. The van der Waals surface area contributed by atoms with Gasteiger partial charge in [0.1, 0.15) is 18.2 Å². The van der Waals surface area contributed by atoms with Gasteiger partial charge >= 0.3 is 5.69 Å². The van der Waals surface area contributed by atoms with Gasteiger partial charge in [-0.25, -0.2) is 14.3 Å². The van der Waals surface area contributed by atoms with Crippen LogP contribution in [0.25, 0.3) is 11.7 Å². The average molecular weight is 465 g/mol. The molecule has 166 valence electrons. The normalized spacial score (nSPS) is 14.7. The molecule has 0 saturated heterocycles. The fourth-order valence-corrected chi connectivity index (χ4v) is 3.53. The van der Waals surface area contributed by atoms with Crippen LogP contribution < -0.4 is 21.7 Å². The molecule has 1 aliphatic carbocycles. The van der Waals surface area contributed by atoms with Crippen molar-refractivity contribution in [3.05, 3.63) is 67.9 Å². The standard InChI is InChI=1S/C21H17ClN8O3/c22-14-5-11(8-23)1-4-15(14)26-17-7-18(25-13-2-3-13)30-19(28-17)12(9-24-30)6-16-20(32)29(10-31)21(33)27-16/h1,4-7,9,13,26,31-32H,2-3,10H2,(H,27,33)/b12-6-,25-18?. The van der Waals surface area contributed by atoms with Gasteiger partial charge in [0.05, 0.1) is 34.6 Å². The highest BCUT2D eigenvalue weighted by molar-refractivity contribution is 6.33. The van der Waals surface area contributed by atoms with E-state index in [0.717, 1.165) is 17.4 Å². The van der Waals surface area contributed by atoms with Crippen LogP contribution >= 0.6 is 11.6 Å². The molecule has 0 radical (unpaired) electrons.